The number of halogens is 1. The van der Waals surface area contributed by atoms with Crippen molar-refractivity contribution in [3.05, 3.63) is 157 Å². The van der Waals surface area contributed by atoms with Crippen LogP contribution in [0.2, 0.25) is 0 Å². The van der Waals surface area contributed by atoms with Gasteiger partial charge in [0.2, 0.25) is 0 Å². The van der Waals surface area contributed by atoms with Crippen molar-refractivity contribution in [2.45, 2.75) is 45.1 Å². The maximum Gasteiger partial charge on any atom is 0.154 e. The summed E-state index contributed by atoms with van der Waals surface area (Å²) < 4.78 is 20.8. The Balaban J connectivity index is 0.890. The number of anilines is 4. The first-order valence-electron chi connectivity index (χ1n) is 20.6. The molecule has 1 unspecified atom stereocenters. The Kier molecular flexibility index (Phi) is 13.3. The van der Waals surface area contributed by atoms with Gasteiger partial charge >= 0.3 is 0 Å². The normalized spacial score (nSPS) is 21.1. The highest BCUT2D eigenvalue weighted by Gasteiger charge is 2.26. The van der Waals surface area contributed by atoms with E-state index in [4.69, 9.17) is 0 Å². The number of nitrogens with zero attached hydrogens (tertiary/aromatic N) is 5. The molecule has 11 heteroatoms. The molecule has 4 aliphatic rings. The second-order valence-electron chi connectivity index (χ2n) is 15.8. The van der Waals surface area contributed by atoms with E-state index in [1.54, 1.807) is 24.5 Å². The van der Waals surface area contributed by atoms with Crippen LogP contribution >= 0.6 is 12.1 Å². The van der Waals surface area contributed by atoms with Gasteiger partial charge in [0.25, 0.3) is 0 Å². The summed E-state index contributed by atoms with van der Waals surface area (Å²) in [5.74, 6) is 0.276. The van der Waals surface area contributed by atoms with Crippen LogP contribution in [0.1, 0.15) is 50.2 Å². The summed E-state index contributed by atoms with van der Waals surface area (Å²) >= 11 is 1.35. The Labute approximate surface area is 354 Å². The van der Waals surface area contributed by atoms with Gasteiger partial charge in [-0.05, 0) is 110 Å². The number of hydrazone groups is 1. The molecule has 4 heterocycles. The number of hydrogen-bond acceptors (Lipinski definition) is 10. The van der Waals surface area contributed by atoms with E-state index in [0.29, 0.717) is 33.9 Å². The Morgan fingerprint density at radius 2 is 1.66 bits per heavy atom. The first kappa shape index (κ1) is 41.5. The zero-order valence-corrected chi connectivity index (χ0v) is 35.4. The SMILES string of the molecule is C=C1CCC(Nc2ccc(N3CCC(CC(=C)N4CCN(c5ccc(C6=C/C(=C)/C(C(=C)c7cccc(NSN(C)CC)c7F)=C\N/N=C\6)cc5)C4)CC3)cc2)C(=C)N1. The molecule has 0 saturated carbocycles. The number of benzene rings is 3. The number of rotatable bonds is 14. The first-order valence-corrected chi connectivity index (χ1v) is 21.4. The monoisotopic (exact) mass is 811 g/mol. The first-order chi connectivity index (χ1) is 28.6. The predicted octanol–water partition coefficient (Wildman–Crippen LogP) is 9.97. The van der Waals surface area contributed by atoms with Crippen LogP contribution in [0.4, 0.5) is 27.1 Å². The number of hydrogen-bond donors (Lipinski definition) is 4. The molecule has 308 valence electrons. The second kappa shape index (κ2) is 18.9. The minimum absolute atomic E-state index is 0.220. The van der Waals surface area contributed by atoms with Gasteiger partial charge in [-0.3, -0.25) is 5.43 Å². The lowest BCUT2D eigenvalue weighted by molar-refractivity contribution is 0.341. The fraction of sp³-hybridized carbons (Fsp3) is 0.312. The van der Waals surface area contributed by atoms with E-state index < -0.39 is 0 Å². The van der Waals surface area contributed by atoms with Crippen molar-refractivity contribution in [2.24, 2.45) is 11.0 Å². The molecule has 59 heavy (non-hydrogen) atoms. The predicted molar refractivity (Wildman–Crippen MR) is 250 cm³/mol. The largest absolute Gasteiger partial charge is 0.377 e. The molecule has 9 nitrogen and oxygen atoms in total. The third kappa shape index (κ3) is 10.1. The Bertz CT molecular complexity index is 2150. The number of allylic oxidation sites excluding steroid dienone is 7. The van der Waals surface area contributed by atoms with E-state index in [1.807, 2.05) is 30.4 Å². The fourth-order valence-electron chi connectivity index (χ4n) is 8.00. The summed E-state index contributed by atoms with van der Waals surface area (Å²) in [6, 6.07) is 22.9. The Morgan fingerprint density at radius 3 is 2.39 bits per heavy atom. The minimum Gasteiger partial charge on any atom is -0.377 e. The van der Waals surface area contributed by atoms with E-state index in [0.717, 1.165) is 86.9 Å². The second-order valence-corrected chi connectivity index (χ2v) is 16.8. The van der Waals surface area contributed by atoms with E-state index in [2.05, 4.69) is 122 Å². The summed E-state index contributed by atoms with van der Waals surface area (Å²) in [6.07, 6.45) is 10.8. The van der Waals surface area contributed by atoms with Crippen molar-refractivity contribution in [3.63, 3.8) is 0 Å². The average molecular weight is 812 g/mol. The van der Waals surface area contributed by atoms with Gasteiger partial charge in [-0.2, -0.15) is 5.10 Å². The van der Waals surface area contributed by atoms with Crippen molar-refractivity contribution in [1.29, 1.82) is 0 Å². The summed E-state index contributed by atoms with van der Waals surface area (Å²) in [5, 5.41) is 11.3. The number of nitrogens with one attached hydrogen (secondary N) is 4. The summed E-state index contributed by atoms with van der Waals surface area (Å²) in [7, 11) is 1.95. The number of piperidine rings is 2. The minimum atomic E-state index is -0.364. The highest BCUT2D eigenvalue weighted by atomic mass is 32.2. The topological polar surface area (TPSA) is 73.4 Å². The Hall–Kier alpha value is -5.65. The zero-order valence-electron chi connectivity index (χ0n) is 34.6. The van der Waals surface area contributed by atoms with Crippen LogP contribution in [0.15, 0.2) is 145 Å². The van der Waals surface area contributed by atoms with Crippen molar-refractivity contribution < 1.29 is 4.39 Å². The van der Waals surface area contributed by atoms with Crippen LogP contribution in [0, 0.1) is 11.7 Å². The molecule has 3 saturated heterocycles. The van der Waals surface area contributed by atoms with Crippen molar-refractivity contribution >= 4 is 52.2 Å². The lowest BCUT2D eigenvalue weighted by Gasteiger charge is -2.35. The molecule has 0 aliphatic carbocycles. The molecule has 0 radical (unpaired) electrons. The van der Waals surface area contributed by atoms with Crippen LogP contribution in [-0.2, 0) is 0 Å². The molecule has 3 aromatic carbocycles. The summed E-state index contributed by atoms with van der Waals surface area (Å²) in [6.45, 7) is 29.1. The van der Waals surface area contributed by atoms with Gasteiger partial charge in [0.05, 0.1) is 24.6 Å². The van der Waals surface area contributed by atoms with E-state index in [9.17, 15) is 0 Å². The van der Waals surface area contributed by atoms with Crippen LogP contribution in [-0.4, -0.2) is 67.9 Å². The third-order valence-electron chi connectivity index (χ3n) is 11.8. The highest BCUT2D eigenvalue weighted by Crippen LogP contribution is 2.35. The smallest absolute Gasteiger partial charge is 0.154 e. The Morgan fingerprint density at radius 1 is 0.932 bits per heavy atom. The van der Waals surface area contributed by atoms with Crippen molar-refractivity contribution in [1.82, 2.24) is 19.9 Å². The molecule has 3 fully saturated rings. The van der Waals surface area contributed by atoms with Gasteiger partial charge in [0, 0.05) is 102 Å². The zero-order chi connectivity index (χ0) is 41.5. The maximum atomic E-state index is 15.7. The molecule has 4 aliphatic heterocycles. The van der Waals surface area contributed by atoms with Crippen LogP contribution in [0.5, 0.6) is 0 Å². The van der Waals surface area contributed by atoms with Gasteiger partial charge in [-0.1, -0.05) is 64.1 Å². The van der Waals surface area contributed by atoms with Crippen LogP contribution in [0.25, 0.3) is 11.1 Å². The average Bonchev–Trinajstić information content (AvgIpc) is 3.74. The van der Waals surface area contributed by atoms with E-state index >= 15 is 4.39 Å². The van der Waals surface area contributed by atoms with Gasteiger partial charge in [0.15, 0.2) is 5.82 Å². The van der Waals surface area contributed by atoms with E-state index in [-0.39, 0.29) is 11.9 Å². The third-order valence-corrected chi connectivity index (χ3v) is 12.6. The lowest BCUT2D eigenvalue weighted by Crippen LogP contribution is -2.35. The molecule has 4 N–H and O–H groups in total. The molecule has 1 atom stereocenters. The molecule has 0 bridgehead atoms. The molecule has 3 aromatic rings. The summed E-state index contributed by atoms with van der Waals surface area (Å²) in [5.41, 5.74) is 14.4. The standard InChI is InChI=1S/C48H58FN9S/c1-8-55(7)59-54-47-11-9-10-44(48(47)49)36(5)45-31-51-50-30-40(28-33(45)2)39-13-17-43(18-14-39)58-27-26-57(32-58)35(4)29-38-22-24-56(25-23-38)42-19-15-41(16-20-42)53-46-21-12-34(3)52-37(46)6/h9-11,13-20,28,30-31,38,46,51-54H,2-6,8,12,21-27,29,32H2,1,7H3/b40-28+,45-31+,50-30-. The quantitative estimate of drug-likeness (QED) is 0.119. The van der Waals surface area contributed by atoms with E-state index in [1.165, 1.54) is 42.0 Å². The highest BCUT2D eigenvalue weighted by molar-refractivity contribution is 7.98. The molecule has 7 rings (SSSR count). The lowest BCUT2D eigenvalue weighted by atomic mass is 9.92. The van der Waals surface area contributed by atoms with Gasteiger partial charge < -0.3 is 30.1 Å². The van der Waals surface area contributed by atoms with Crippen molar-refractivity contribution in [3.8, 4) is 0 Å². The molecule has 0 spiro atoms. The molecular formula is C48H58FN9S. The van der Waals surface area contributed by atoms with Gasteiger partial charge in [-0.15, -0.1) is 0 Å². The van der Waals surface area contributed by atoms with Gasteiger partial charge in [0.1, 0.15) is 0 Å². The molecule has 0 amide bonds. The summed E-state index contributed by atoms with van der Waals surface area (Å²) in [4.78, 5) is 7.37. The van der Waals surface area contributed by atoms with Crippen molar-refractivity contribution in [2.75, 3.05) is 66.3 Å². The fourth-order valence-corrected chi connectivity index (χ4v) is 8.54. The van der Waals surface area contributed by atoms with Crippen LogP contribution < -0.4 is 30.6 Å². The van der Waals surface area contributed by atoms with Crippen LogP contribution in [0.3, 0.4) is 0 Å². The molecular weight excluding hydrogens is 754 g/mol. The maximum absolute atomic E-state index is 15.7. The molecule has 0 aromatic heterocycles. The van der Waals surface area contributed by atoms with Gasteiger partial charge in [-0.25, -0.2) is 8.70 Å².